The third-order valence-corrected chi connectivity index (χ3v) is 3.20. The van der Waals surface area contributed by atoms with Gasteiger partial charge in [0.25, 0.3) is 5.91 Å². The van der Waals surface area contributed by atoms with Crippen molar-refractivity contribution >= 4 is 5.91 Å². The summed E-state index contributed by atoms with van der Waals surface area (Å²) >= 11 is 0. The number of amides is 1. The van der Waals surface area contributed by atoms with Crippen molar-refractivity contribution < 1.29 is 4.79 Å². The number of hydrogen-bond acceptors (Lipinski definition) is 3. The van der Waals surface area contributed by atoms with Crippen molar-refractivity contribution in [3.63, 3.8) is 0 Å². The van der Waals surface area contributed by atoms with Gasteiger partial charge in [-0.15, -0.1) is 0 Å². The summed E-state index contributed by atoms with van der Waals surface area (Å²) in [4.78, 5) is 16.1. The highest BCUT2D eigenvalue weighted by Gasteiger charge is 2.11. The molecule has 1 atom stereocenters. The summed E-state index contributed by atoms with van der Waals surface area (Å²) in [6.45, 7) is 2.57. The van der Waals surface area contributed by atoms with Gasteiger partial charge in [-0.05, 0) is 55.3 Å². The number of carbonyl (C=O) groups excluding carboxylic acids is 1. The van der Waals surface area contributed by atoms with E-state index < -0.39 is 0 Å². The van der Waals surface area contributed by atoms with Crippen LogP contribution in [0.1, 0.15) is 34.5 Å². The largest absolute Gasteiger partial charge is 0.346 e. The molecule has 0 aliphatic heterocycles. The van der Waals surface area contributed by atoms with Crippen LogP contribution in [0.4, 0.5) is 0 Å². The quantitative estimate of drug-likeness (QED) is 0.873. The molecule has 4 nitrogen and oxygen atoms in total. The van der Waals surface area contributed by atoms with E-state index in [-0.39, 0.29) is 11.9 Å². The van der Waals surface area contributed by atoms with Gasteiger partial charge in [0.1, 0.15) is 0 Å². The van der Waals surface area contributed by atoms with Crippen LogP contribution in [0.3, 0.4) is 0 Å². The molecule has 4 heteroatoms. The number of aromatic nitrogens is 1. The molecule has 1 aromatic carbocycles. The highest BCUT2D eigenvalue weighted by Crippen LogP contribution is 2.12. The lowest BCUT2D eigenvalue weighted by Gasteiger charge is -2.14. The van der Waals surface area contributed by atoms with E-state index in [4.69, 9.17) is 5.73 Å². The van der Waals surface area contributed by atoms with Gasteiger partial charge in [-0.2, -0.15) is 0 Å². The number of benzene rings is 1. The van der Waals surface area contributed by atoms with E-state index in [1.807, 2.05) is 43.3 Å². The Bertz CT molecular complexity index is 552. The van der Waals surface area contributed by atoms with E-state index in [1.54, 1.807) is 12.4 Å². The standard InChI is InChI=1S/C16H19N3O/c1-12(14-7-10-18-11-8-14)19-16(20)15-4-2-13(3-5-15)6-9-17/h2-5,7-8,10-12H,6,9,17H2,1H3,(H,19,20)/t12-/m1/s1. The normalized spacial score (nSPS) is 11.9. The van der Waals surface area contributed by atoms with E-state index >= 15 is 0 Å². The van der Waals surface area contributed by atoms with Crippen LogP contribution < -0.4 is 11.1 Å². The molecule has 1 amide bonds. The molecule has 0 bridgehead atoms. The van der Waals surface area contributed by atoms with Crippen LogP contribution in [0.5, 0.6) is 0 Å². The van der Waals surface area contributed by atoms with Crippen molar-refractivity contribution in [1.29, 1.82) is 0 Å². The Morgan fingerprint density at radius 1 is 1.20 bits per heavy atom. The maximum absolute atomic E-state index is 12.1. The van der Waals surface area contributed by atoms with Gasteiger partial charge < -0.3 is 11.1 Å². The first-order chi connectivity index (χ1) is 9.70. The summed E-state index contributed by atoms with van der Waals surface area (Å²) in [7, 11) is 0. The van der Waals surface area contributed by atoms with Gasteiger partial charge in [-0.1, -0.05) is 12.1 Å². The first-order valence-corrected chi connectivity index (χ1v) is 6.70. The van der Waals surface area contributed by atoms with Crippen molar-refractivity contribution in [1.82, 2.24) is 10.3 Å². The summed E-state index contributed by atoms with van der Waals surface area (Å²) in [5.41, 5.74) is 8.34. The van der Waals surface area contributed by atoms with Gasteiger partial charge in [-0.25, -0.2) is 0 Å². The number of nitrogens with one attached hydrogen (secondary N) is 1. The molecule has 0 saturated heterocycles. The SMILES string of the molecule is C[C@@H](NC(=O)c1ccc(CCN)cc1)c1ccncc1. The van der Waals surface area contributed by atoms with Crippen LogP contribution in [0, 0.1) is 0 Å². The zero-order valence-electron chi connectivity index (χ0n) is 11.5. The van der Waals surface area contributed by atoms with Crippen LogP contribution in [-0.2, 0) is 6.42 Å². The van der Waals surface area contributed by atoms with Crippen molar-refractivity contribution in [3.8, 4) is 0 Å². The summed E-state index contributed by atoms with van der Waals surface area (Å²) < 4.78 is 0. The van der Waals surface area contributed by atoms with Crippen molar-refractivity contribution in [2.24, 2.45) is 5.73 Å². The zero-order chi connectivity index (χ0) is 14.4. The second-order valence-electron chi connectivity index (χ2n) is 4.71. The molecule has 0 aliphatic rings. The molecule has 0 aliphatic carbocycles. The van der Waals surface area contributed by atoms with Gasteiger partial charge >= 0.3 is 0 Å². The first-order valence-electron chi connectivity index (χ1n) is 6.70. The fourth-order valence-electron chi connectivity index (χ4n) is 2.00. The Kier molecular flexibility index (Phi) is 4.85. The van der Waals surface area contributed by atoms with E-state index in [0.717, 1.165) is 17.5 Å². The number of rotatable bonds is 5. The van der Waals surface area contributed by atoms with E-state index in [2.05, 4.69) is 10.3 Å². The number of nitrogens with zero attached hydrogens (tertiary/aromatic N) is 1. The van der Waals surface area contributed by atoms with Crippen molar-refractivity contribution in [3.05, 3.63) is 65.5 Å². The molecule has 0 saturated carbocycles. The topological polar surface area (TPSA) is 68.0 Å². The third-order valence-electron chi connectivity index (χ3n) is 3.20. The Hall–Kier alpha value is -2.20. The fraction of sp³-hybridized carbons (Fsp3) is 0.250. The molecule has 0 unspecified atom stereocenters. The predicted octanol–water partition coefficient (Wildman–Crippen LogP) is 2.07. The Morgan fingerprint density at radius 2 is 1.85 bits per heavy atom. The van der Waals surface area contributed by atoms with Gasteiger partial charge in [0.15, 0.2) is 0 Å². The predicted molar refractivity (Wildman–Crippen MR) is 79.3 cm³/mol. The smallest absolute Gasteiger partial charge is 0.251 e. The number of nitrogens with two attached hydrogens (primary N) is 1. The molecule has 1 aromatic heterocycles. The molecule has 3 N–H and O–H groups in total. The third kappa shape index (κ3) is 3.65. The van der Waals surface area contributed by atoms with E-state index in [1.165, 1.54) is 0 Å². The lowest BCUT2D eigenvalue weighted by Crippen LogP contribution is -2.26. The van der Waals surface area contributed by atoms with Crippen molar-refractivity contribution in [2.45, 2.75) is 19.4 Å². The van der Waals surface area contributed by atoms with Crippen LogP contribution in [-0.4, -0.2) is 17.4 Å². The molecule has 20 heavy (non-hydrogen) atoms. The number of pyridine rings is 1. The molecule has 0 spiro atoms. The molecule has 104 valence electrons. The minimum Gasteiger partial charge on any atom is -0.346 e. The van der Waals surface area contributed by atoms with Crippen LogP contribution in [0.2, 0.25) is 0 Å². The fourth-order valence-corrected chi connectivity index (χ4v) is 2.00. The second kappa shape index (κ2) is 6.82. The van der Waals surface area contributed by atoms with Crippen LogP contribution >= 0.6 is 0 Å². The summed E-state index contributed by atoms with van der Waals surface area (Å²) in [6.07, 6.45) is 4.27. The number of hydrogen-bond donors (Lipinski definition) is 2. The molecule has 2 aromatic rings. The maximum atomic E-state index is 12.1. The van der Waals surface area contributed by atoms with E-state index in [9.17, 15) is 4.79 Å². The average molecular weight is 269 g/mol. The minimum atomic E-state index is -0.0754. The second-order valence-corrected chi connectivity index (χ2v) is 4.71. The average Bonchev–Trinajstić information content (AvgIpc) is 2.49. The lowest BCUT2D eigenvalue weighted by molar-refractivity contribution is 0.0940. The molecular weight excluding hydrogens is 250 g/mol. The lowest BCUT2D eigenvalue weighted by atomic mass is 10.1. The monoisotopic (exact) mass is 269 g/mol. The van der Waals surface area contributed by atoms with Gasteiger partial charge in [0.2, 0.25) is 0 Å². The Labute approximate surface area is 119 Å². The number of carbonyl (C=O) groups is 1. The summed E-state index contributed by atoms with van der Waals surface area (Å²) in [6, 6.07) is 11.3. The Balaban J connectivity index is 2.01. The van der Waals surface area contributed by atoms with Gasteiger partial charge in [0.05, 0.1) is 6.04 Å². The molecule has 0 fully saturated rings. The zero-order valence-corrected chi connectivity index (χ0v) is 11.5. The molecular formula is C16H19N3O. The molecule has 0 radical (unpaired) electrons. The highest BCUT2D eigenvalue weighted by atomic mass is 16.1. The van der Waals surface area contributed by atoms with Gasteiger partial charge in [-0.3, -0.25) is 9.78 Å². The molecule has 2 rings (SSSR count). The van der Waals surface area contributed by atoms with E-state index in [0.29, 0.717) is 12.1 Å². The Morgan fingerprint density at radius 3 is 2.45 bits per heavy atom. The van der Waals surface area contributed by atoms with Gasteiger partial charge in [0, 0.05) is 18.0 Å². The summed E-state index contributed by atoms with van der Waals surface area (Å²) in [5.74, 6) is -0.0754. The van der Waals surface area contributed by atoms with Crippen LogP contribution in [0.15, 0.2) is 48.8 Å². The first kappa shape index (κ1) is 14.2. The summed E-state index contributed by atoms with van der Waals surface area (Å²) in [5, 5.41) is 2.97. The maximum Gasteiger partial charge on any atom is 0.251 e. The highest BCUT2D eigenvalue weighted by molar-refractivity contribution is 5.94. The molecule has 1 heterocycles. The van der Waals surface area contributed by atoms with Crippen molar-refractivity contribution in [2.75, 3.05) is 6.54 Å². The minimum absolute atomic E-state index is 0.0470. The van der Waals surface area contributed by atoms with Crippen LogP contribution in [0.25, 0.3) is 0 Å².